The van der Waals surface area contributed by atoms with Gasteiger partial charge in [0.15, 0.2) is 5.69 Å². The fourth-order valence-electron chi connectivity index (χ4n) is 7.21. The molecule has 0 aliphatic heterocycles. The quantitative estimate of drug-likeness (QED) is 0.212. The zero-order valence-corrected chi connectivity index (χ0v) is 22.2. The van der Waals surface area contributed by atoms with E-state index < -0.39 is 0 Å². The van der Waals surface area contributed by atoms with Crippen LogP contribution in [0.3, 0.4) is 0 Å². The average Bonchev–Trinajstić information content (AvgIpc) is 3.69. The molecule has 0 atom stereocenters. The van der Waals surface area contributed by atoms with Crippen LogP contribution in [0.2, 0.25) is 0 Å². The summed E-state index contributed by atoms with van der Waals surface area (Å²) < 4.78 is 4.61. The molecule has 4 heterocycles. The fraction of sp³-hybridized carbons (Fsp3) is 0. The van der Waals surface area contributed by atoms with Crippen molar-refractivity contribution in [3.63, 3.8) is 0 Å². The molecule has 10 aromatic rings. The second kappa shape index (κ2) is 7.60. The number of para-hydroxylation sites is 3. The molecule has 0 saturated heterocycles. The van der Waals surface area contributed by atoms with Crippen LogP contribution in [0.25, 0.3) is 87.5 Å². The van der Waals surface area contributed by atoms with Gasteiger partial charge in [-0.1, -0.05) is 84.9 Å². The molecule has 5 nitrogen and oxygen atoms in total. The first-order valence-corrected chi connectivity index (χ1v) is 14.0. The van der Waals surface area contributed by atoms with Crippen LogP contribution in [0.1, 0.15) is 5.69 Å². The van der Waals surface area contributed by atoms with Gasteiger partial charge in [0.1, 0.15) is 6.07 Å². The topological polar surface area (TPSA) is 58.9 Å². The number of hydrogen-bond acceptors (Lipinski definition) is 3. The fourth-order valence-corrected chi connectivity index (χ4v) is 7.21. The lowest BCUT2D eigenvalue weighted by Gasteiger charge is -2.11. The second-order valence-electron chi connectivity index (χ2n) is 10.9. The van der Waals surface area contributed by atoms with E-state index in [1.165, 1.54) is 38.1 Å². The molecule has 0 unspecified atom stereocenters. The minimum Gasteiger partial charge on any atom is -0.308 e. The van der Waals surface area contributed by atoms with Crippen molar-refractivity contribution in [1.82, 2.24) is 18.9 Å². The van der Waals surface area contributed by atoms with E-state index in [0.717, 1.165) is 43.5 Å². The van der Waals surface area contributed by atoms with Crippen molar-refractivity contribution < 1.29 is 0 Å². The predicted octanol–water partition coefficient (Wildman–Crippen LogP) is 8.90. The minimum atomic E-state index is 0.373. The Kier molecular flexibility index (Phi) is 3.94. The molecule has 0 aliphatic rings. The van der Waals surface area contributed by atoms with Gasteiger partial charge in [-0.2, -0.15) is 5.26 Å². The standard InChI is InChI=1S/C37H19N5/c38-20-30-25-12-3-6-14-29(25)39-37(40-30)42-34-22-10-2-1-9-21(22)17-18-24(34)28-19-27-23-11-4-7-15-31(23)41-32-16-8-5-13-26(32)33(35(27)41)36(28)42/h1-19H. The summed E-state index contributed by atoms with van der Waals surface area (Å²) >= 11 is 0. The Morgan fingerprint density at radius 1 is 0.524 bits per heavy atom. The van der Waals surface area contributed by atoms with Gasteiger partial charge in [0.25, 0.3) is 0 Å². The first-order valence-electron chi connectivity index (χ1n) is 14.0. The highest BCUT2D eigenvalue weighted by molar-refractivity contribution is 6.35. The zero-order chi connectivity index (χ0) is 27.5. The Morgan fingerprint density at radius 3 is 2.02 bits per heavy atom. The van der Waals surface area contributed by atoms with E-state index in [0.29, 0.717) is 11.6 Å². The number of aromatic nitrogens is 4. The van der Waals surface area contributed by atoms with Gasteiger partial charge in [0.2, 0.25) is 5.95 Å². The molecular formula is C37H19N5. The van der Waals surface area contributed by atoms with Gasteiger partial charge in [-0.3, -0.25) is 4.57 Å². The third-order valence-corrected chi connectivity index (χ3v) is 8.88. The van der Waals surface area contributed by atoms with Gasteiger partial charge >= 0.3 is 0 Å². The Hall–Kier alpha value is -5.99. The molecule has 0 bridgehead atoms. The van der Waals surface area contributed by atoms with Gasteiger partial charge in [-0.05, 0) is 35.7 Å². The summed E-state index contributed by atoms with van der Waals surface area (Å²) in [5.74, 6) is 0.504. The highest BCUT2D eigenvalue weighted by Gasteiger charge is 2.26. The lowest BCUT2D eigenvalue weighted by atomic mass is 10.0. The molecule has 6 aromatic carbocycles. The van der Waals surface area contributed by atoms with Crippen molar-refractivity contribution in [2.45, 2.75) is 0 Å². The van der Waals surface area contributed by atoms with Crippen molar-refractivity contribution in [2.24, 2.45) is 0 Å². The maximum absolute atomic E-state index is 10.2. The molecule has 0 fully saturated rings. The molecule has 0 aliphatic carbocycles. The largest absolute Gasteiger partial charge is 0.308 e. The molecule has 0 saturated carbocycles. The maximum Gasteiger partial charge on any atom is 0.236 e. The molecule has 42 heavy (non-hydrogen) atoms. The van der Waals surface area contributed by atoms with Crippen LogP contribution in [-0.4, -0.2) is 18.9 Å². The summed E-state index contributed by atoms with van der Waals surface area (Å²) in [5.41, 5.74) is 6.79. The third-order valence-electron chi connectivity index (χ3n) is 8.88. The van der Waals surface area contributed by atoms with Gasteiger partial charge < -0.3 is 4.40 Å². The molecule has 0 amide bonds. The lowest BCUT2D eigenvalue weighted by molar-refractivity contribution is 1.01. The SMILES string of the molecule is N#Cc1nc(-n2c3c4ccccc4ccc3c3cc4c5ccccc5n5c6ccccc6c(c32)c45)nc2ccccc12. The van der Waals surface area contributed by atoms with E-state index in [2.05, 4.69) is 106 Å². The van der Waals surface area contributed by atoms with Gasteiger partial charge in [-0.25, -0.2) is 9.97 Å². The van der Waals surface area contributed by atoms with Crippen LogP contribution in [0.5, 0.6) is 0 Å². The number of fused-ring (bicyclic) bond motifs is 13. The van der Waals surface area contributed by atoms with Gasteiger partial charge in [-0.15, -0.1) is 0 Å². The molecule has 0 spiro atoms. The molecule has 0 N–H and O–H groups in total. The van der Waals surface area contributed by atoms with Crippen molar-refractivity contribution >= 4 is 81.6 Å². The predicted molar refractivity (Wildman–Crippen MR) is 171 cm³/mol. The average molecular weight is 534 g/mol. The van der Waals surface area contributed by atoms with Crippen LogP contribution < -0.4 is 0 Å². The number of nitrogens with zero attached hydrogens (tertiary/aromatic N) is 5. The zero-order valence-electron chi connectivity index (χ0n) is 22.2. The van der Waals surface area contributed by atoms with Gasteiger partial charge in [0, 0.05) is 43.1 Å². The van der Waals surface area contributed by atoms with E-state index in [9.17, 15) is 5.26 Å². The molecule has 5 heteroatoms. The van der Waals surface area contributed by atoms with Crippen LogP contribution in [0, 0.1) is 11.3 Å². The molecule has 192 valence electrons. The van der Waals surface area contributed by atoms with Crippen LogP contribution >= 0.6 is 0 Å². The monoisotopic (exact) mass is 533 g/mol. The normalized spacial score (nSPS) is 12.3. The highest BCUT2D eigenvalue weighted by atomic mass is 15.2. The maximum atomic E-state index is 10.2. The number of hydrogen-bond donors (Lipinski definition) is 0. The molecule has 0 radical (unpaired) electrons. The summed E-state index contributed by atoms with van der Waals surface area (Å²) in [6.45, 7) is 0. The van der Waals surface area contributed by atoms with Crippen molar-refractivity contribution in [1.29, 1.82) is 5.26 Å². The summed E-state index contributed by atoms with van der Waals surface area (Å²) in [7, 11) is 0. The Bertz CT molecular complexity index is 2810. The minimum absolute atomic E-state index is 0.373. The molecule has 10 rings (SSSR count). The summed E-state index contributed by atoms with van der Waals surface area (Å²) in [6, 6.07) is 42.6. The summed E-state index contributed by atoms with van der Waals surface area (Å²) in [6.07, 6.45) is 0. The van der Waals surface area contributed by atoms with Crippen molar-refractivity contribution in [2.75, 3.05) is 0 Å². The molecular weight excluding hydrogens is 514 g/mol. The van der Waals surface area contributed by atoms with E-state index in [1.807, 2.05) is 24.3 Å². The smallest absolute Gasteiger partial charge is 0.236 e. The van der Waals surface area contributed by atoms with E-state index in [1.54, 1.807) is 0 Å². The summed E-state index contributed by atoms with van der Waals surface area (Å²) in [5, 5.41) is 20.3. The Balaban J connectivity index is 1.56. The Morgan fingerprint density at radius 2 is 1.19 bits per heavy atom. The molecule has 4 aromatic heterocycles. The number of benzene rings is 6. The van der Waals surface area contributed by atoms with Crippen LogP contribution in [-0.2, 0) is 0 Å². The highest BCUT2D eigenvalue weighted by Crippen LogP contribution is 2.47. The van der Waals surface area contributed by atoms with E-state index in [4.69, 9.17) is 9.97 Å². The first kappa shape index (κ1) is 21.8. The van der Waals surface area contributed by atoms with Crippen molar-refractivity contribution in [3.05, 3.63) is 121 Å². The first-order chi connectivity index (χ1) is 20.8. The van der Waals surface area contributed by atoms with Crippen LogP contribution in [0.4, 0.5) is 0 Å². The van der Waals surface area contributed by atoms with E-state index in [-0.39, 0.29) is 0 Å². The third kappa shape index (κ3) is 2.53. The van der Waals surface area contributed by atoms with Crippen molar-refractivity contribution in [3.8, 4) is 12.0 Å². The number of nitriles is 1. The van der Waals surface area contributed by atoms with Gasteiger partial charge in [0.05, 0.1) is 33.1 Å². The lowest BCUT2D eigenvalue weighted by Crippen LogP contribution is -2.04. The Labute approximate surface area is 238 Å². The van der Waals surface area contributed by atoms with Crippen LogP contribution in [0.15, 0.2) is 115 Å². The summed E-state index contributed by atoms with van der Waals surface area (Å²) in [4.78, 5) is 10.0. The second-order valence-corrected chi connectivity index (χ2v) is 10.9. The van der Waals surface area contributed by atoms with E-state index >= 15 is 0 Å². The number of rotatable bonds is 1.